The van der Waals surface area contributed by atoms with E-state index in [-0.39, 0.29) is 23.2 Å². The molecule has 224 valence electrons. The maximum Gasteiger partial charge on any atom is 0.423 e. The Labute approximate surface area is 239 Å². The fraction of sp³-hybridized carbons (Fsp3) is 0.567. The summed E-state index contributed by atoms with van der Waals surface area (Å²) >= 11 is 0. The number of rotatable bonds is 8. The lowest BCUT2D eigenvalue weighted by atomic mass is 9.87. The average molecular weight is 577 g/mol. The summed E-state index contributed by atoms with van der Waals surface area (Å²) in [5.41, 5.74) is 0.374. The summed E-state index contributed by atoms with van der Waals surface area (Å²) in [6.45, 7) is 12.3. The van der Waals surface area contributed by atoms with Gasteiger partial charge in [-0.15, -0.1) is 0 Å². The number of alkyl halides is 3. The SMILES string of the molecule is CC(C)(C)c1ccc(N2CCN(CCCC(=O)N3CCC(Oc4ccc([N+](=O)[O-])c(C(F)(F)F)c4)CC3)CC2)cc1. The maximum atomic E-state index is 13.3. The highest BCUT2D eigenvalue weighted by atomic mass is 19.4. The van der Waals surface area contributed by atoms with E-state index in [2.05, 4.69) is 54.8 Å². The second-order valence-corrected chi connectivity index (χ2v) is 11.9. The van der Waals surface area contributed by atoms with Crippen LogP contribution >= 0.6 is 0 Å². The Morgan fingerprint density at radius 3 is 2.17 bits per heavy atom. The van der Waals surface area contributed by atoms with Gasteiger partial charge in [-0.2, -0.15) is 13.2 Å². The van der Waals surface area contributed by atoms with E-state index in [1.54, 1.807) is 4.90 Å². The fourth-order valence-corrected chi connectivity index (χ4v) is 5.40. The van der Waals surface area contributed by atoms with Gasteiger partial charge < -0.3 is 14.5 Å². The van der Waals surface area contributed by atoms with Crippen LogP contribution in [0.15, 0.2) is 42.5 Å². The number of benzene rings is 2. The number of piperidine rings is 1. The topological polar surface area (TPSA) is 79.2 Å². The van der Waals surface area contributed by atoms with E-state index in [4.69, 9.17) is 4.74 Å². The summed E-state index contributed by atoms with van der Waals surface area (Å²) in [4.78, 5) is 29.3. The number of piperazine rings is 1. The number of halogens is 3. The highest BCUT2D eigenvalue weighted by molar-refractivity contribution is 5.76. The van der Waals surface area contributed by atoms with Crippen molar-refractivity contribution >= 4 is 17.3 Å². The molecule has 2 fully saturated rings. The largest absolute Gasteiger partial charge is 0.490 e. The van der Waals surface area contributed by atoms with Gasteiger partial charge in [0, 0.05) is 70.3 Å². The number of hydrogen-bond acceptors (Lipinski definition) is 6. The number of anilines is 1. The highest BCUT2D eigenvalue weighted by Gasteiger charge is 2.39. The number of carbonyl (C=O) groups is 1. The van der Waals surface area contributed by atoms with Gasteiger partial charge >= 0.3 is 6.18 Å². The molecule has 0 saturated carbocycles. The molecule has 2 heterocycles. The Balaban J connectivity index is 1.16. The van der Waals surface area contributed by atoms with Crippen LogP contribution < -0.4 is 9.64 Å². The Bertz CT molecular complexity index is 1200. The van der Waals surface area contributed by atoms with E-state index in [1.807, 2.05) is 0 Å². The first-order valence-electron chi connectivity index (χ1n) is 14.2. The zero-order valence-corrected chi connectivity index (χ0v) is 24.0. The van der Waals surface area contributed by atoms with Crippen molar-refractivity contribution in [3.63, 3.8) is 0 Å². The Morgan fingerprint density at radius 1 is 0.976 bits per heavy atom. The molecule has 0 atom stereocenters. The van der Waals surface area contributed by atoms with Crippen LogP contribution in [0.2, 0.25) is 0 Å². The molecule has 0 aromatic heterocycles. The van der Waals surface area contributed by atoms with Crippen molar-refractivity contribution in [2.75, 3.05) is 50.7 Å². The predicted octanol–water partition coefficient (Wildman–Crippen LogP) is 5.88. The van der Waals surface area contributed by atoms with Crippen LogP contribution in [0.25, 0.3) is 0 Å². The van der Waals surface area contributed by atoms with Crippen molar-refractivity contribution in [2.45, 2.75) is 64.1 Å². The van der Waals surface area contributed by atoms with E-state index in [1.165, 1.54) is 17.3 Å². The van der Waals surface area contributed by atoms with Crippen LogP contribution in [0.4, 0.5) is 24.5 Å². The fourth-order valence-electron chi connectivity index (χ4n) is 5.40. The van der Waals surface area contributed by atoms with Crippen LogP contribution in [-0.4, -0.2) is 72.5 Å². The van der Waals surface area contributed by atoms with Gasteiger partial charge in [0.15, 0.2) is 0 Å². The van der Waals surface area contributed by atoms with Crippen molar-refractivity contribution < 1.29 is 27.6 Å². The van der Waals surface area contributed by atoms with Crippen molar-refractivity contribution in [3.8, 4) is 5.75 Å². The zero-order chi connectivity index (χ0) is 29.8. The highest BCUT2D eigenvalue weighted by Crippen LogP contribution is 2.38. The number of ether oxygens (including phenoxy) is 1. The second kappa shape index (κ2) is 12.7. The Hall–Kier alpha value is -3.34. The lowest BCUT2D eigenvalue weighted by molar-refractivity contribution is -0.388. The summed E-state index contributed by atoms with van der Waals surface area (Å²) in [5, 5.41) is 11.0. The molecule has 2 aliphatic rings. The number of nitro groups is 1. The third-order valence-electron chi connectivity index (χ3n) is 7.90. The van der Waals surface area contributed by atoms with Gasteiger partial charge in [-0.3, -0.25) is 19.8 Å². The number of nitrogens with zero attached hydrogens (tertiary/aromatic N) is 4. The number of carbonyl (C=O) groups excluding carboxylic acids is 1. The monoisotopic (exact) mass is 576 g/mol. The molecule has 0 bridgehead atoms. The first-order chi connectivity index (χ1) is 19.3. The third kappa shape index (κ3) is 8.12. The molecule has 0 spiro atoms. The van der Waals surface area contributed by atoms with Gasteiger partial charge in [0.1, 0.15) is 17.4 Å². The number of likely N-dealkylation sites (tertiary alicyclic amines) is 1. The van der Waals surface area contributed by atoms with Crippen LogP contribution in [-0.2, 0) is 16.4 Å². The molecule has 2 saturated heterocycles. The van der Waals surface area contributed by atoms with E-state index in [9.17, 15) is 28.1 Å². The molecule has 2 aliphatic heterocycles. The summed E-state index contributed by atoms with van der Waals surface area (Å²) in [6, 6.07) is 11.5. The van der Waals surface area contributed by atoms with Crippen LogP contribution in [0.5, 0.6) is 5.75 Å². The minimum atomic E-state index is -4.86. The number of amides is 1. The molecule has 11 heteroatoms. The minimum absolute atomic E-state index is 0.0604. The van der Waals surface area contributed by atoms with Gasteiger partial charge in [-0.05, 0) is 48.2 Å². The second-order valence-electron chi connectivity index (χ2n) is 11.9. The van der Waals surface area contributed by atoms with Crippen molar-refractivity contribution in [1.82, 2.24) is 9.80 Å². The lowest BCUT2D eigenvalue weighted by Crippen LogP contribution is -2.47. The molecular formula is C30H39F3N4O4. The molecule has 2 aromatic carbocycles. The average Bonchev–Trinajstić information content (AvgIpc) is 2.93. The van der Waals surface area contributed by atoms with E-state index in [0.29, 0.717) is 38.4 Å². The van der Waals surface area contributed by atoms with Gasteiger partial charge in [0.25, 0.3) is 5.69 Å². The molecule has 8 nitrogen and oxygen atoms in total. The van der Waals surface area contributed by atoms with Gasteiger partial charge in [-0.1, -0.05) is 32.9 Å². The third-order valence-corrected chi connectivity index (χ3v) is 7.90. The smallest absolute Gasteiger partial charge is 0.423 e. The molecular weight excluding hydrogens is 537 g/mol. The molecule has 4 rings (SSSR count). The summed E-state index contributed by atoms with van der Waals surface area (Å²) in [7, 11) is 0. The standard InChI is InChI=1S/C30H39F3N4O4/c1-29(2,3)22-6-8-23(9-7-22)35-19-17-34(18-20-35)14-4-5-28(38)36-15-12-24(13-16-36)41-25-10-11-27(37(39)40)26(21-25)30(31,32)33/h6-11,21,24H,4-5,12-20H2,1-3H3. The molecule has 0 N–H and O–H groups in total. The Kier molecular flexibility index (Phi) is 9.46. The van der Waals surface area contributed by atoms with Gasteiger partial charge in [0.05, 0.1) is 4.92 Å². The van der Waals surface area contributed by atoms with Crippen LogP contribution in [0.3, 0.4) is 0 Å². The van der Waals surface area contributed by atoms with Crippen molar-refractivity contribution in [1.29, 1.82) is 0 Å². The molecule has 41 heavy (non-hydrogen) atoms. The van der Waals surface area contributed by atoms with E-state index in [0.717, 1.165) is 45.2 Å². The molecule has 0 aliphatic carbocycles. The predicted molar refractivity (Wildman–Crippen MR) is 151 cm³/mol. The number of nitro benzene ring substituents is 1. The maximum absolute atomic E-state index is 13.3. The van der Waals surface area contributed by atoms with Gasteiger partial charge in [0.2, 0.25) is 5.91 Å². The summed E-state index contributed by atoms with van der Waals surface area (Å²) in [6.07, 6.45) is -3.01. The first-order valence-corrected chi connectivity index (χ1v) is 14.2. The van der Waals surface area contributed by atoms with Gasteiger partial charge in [-0.25, -0.2) is 0 Å². The van der Waals surface area contributed by atoms with E-state index >= 15 is 0 Å². The normalized spacial score (nSPS) is 17.5. The number of hydrogen-bond donors (Lipinski definition) is 0. The molecule has 1 amide bonds. The zero-order valence-electron chi connectivity index (χ0n) is 24.0. The van der Waals surface area contributed by atoms with Crippen molar-refractivity contribution in [2.24, 2.45) is 0 Å². The molecule has 2 aromatic rings. The van der Waals surface area contributed by atoms with E-state index < -0.39 is 22.4 Å². The Morgan fingerprint density at radius 2 is 1.61 bits per heavy atom. The summed E-state index contributed by atoms with van der Waals surface area (Å²) < 4.78 is 45.5. The van der Waals surface area contributed by atoms with Crippen molar-refractivity contribution in [3.05, 3.63) is 63.7 Å². The summed E-state index contributed by atoms with van der Waals surface area (Å²) in [5.74, 6) is 0.0189. The van der Waals surface area contributed by atoms with Crippen LogP contribution in [0, 0.1) is 10.1 Å². The molecule has 0 radical (unpaired) electrons. The molecule has 0 unspecified atom stereocenters. The first kappa shape index (κ1) is 30.6. The lowest BCUT2D eigenvalue weighted by Gasteiger charge is -2.36. The van der Waals surface area contributed by atoms with Crippen LogP contribution in [0.1, 0.15) is 57.6 Å². The quantitative estimate of drug-likeness (QED) is 0.288. The minimum Gasteiger partial charge on any atom is -0.490 e.